The number of anilines is 1. The minimum Gasteiger partial charge on any atom is -0.624 e. The quantitative estimate of drug-likeness (QED) is 0.449. The smallest absolute Gasteiger partial charge is 0.347 e. The molecule has 0 aliphatic carbocycles. The molecule has 2 atom stereocenters. The van der Waals surface area contributed by atoms with Crippen LogP contribution in [0.3, 0.4) is 0 Å². The molecule has 2 fully saturated rings. The molecule has 0 aromatic heterocycles. The summed E-state index contributed by atoms with van der Waals surface area (Å²) in [5.74, 6) is -1.43. The van der Waals surface area contributed by atoms with Crippen molar-refractivity contribution in [1.82, 2.24) is 5.32 Å². The number of carbonyl (C=O) groups is 3. The number of imide groups is 1. The number of aliphatic hydroxyl groups excluding tert-OH is 1. The number of hydrogen-bond donors (Lipinski definition) is 2. The molecule has 8 nitrogen and oxygen atoms in total. The summed E-state index contributed by atoms with van der Waals surface area (Å²) in [5, 5.41) is 24.5. The Morgan fingerprint density at radius 1 is 1.28 bits per heavy atom. The van der Waals surface area contributed by atoms with Crippen LogP contribution in [0.5, 0.6) is 0 Å². The lowest BCUT2D eigenvalue weighted by molar-refractivity contribution is -0.825. The molecule has 2 saturated heterocycles. The van der Waals surface area contributed by atoms with Crippen molar-refractivity contribution < 1.29 is 24.1 Å². The number of nitrogens with one attached hydrogen (secondary N) is 1. The van der Waals surface area contributed by atoms with Gasteiger partial charge < -0.3 is 15.2 Å². The second kappa shape index (κ2) is 5.62. The van der Waals surface area contributed by atoms with Gasteiger partial charge in [-0.15, -0.1) is 0 Å². The Kier molecular flexibility index (Phi) is 3.64. The molecule has 0 spiro atoms. The fraction of sp³-hybridized carbons (Fsp3) is 0.471. The summed E-state index contributed by atoms with van der Waals surface area (Å²) in [6, 6.07) is 4.18. The Balaban J connectivity index is 1.58. The molecular weight excluding hydrogens is 326 g/mol. The van der Waals surface area contributed by atoms with Gasteiger partial charge in [-0.1, -0.05) is 0 Å². The van der Waals surface area contributed by atoms with Gasteiger partial charge >= 0.3 is 5.91 Å². The maximum absolute atomic E-state index is 13.2. The maximum Gasteiger partial charge on any atom is 0.347 e. The largest absolute Gasteiger partial charge is 0.624 e. The van der Waals surface area contributed by atoms with Gasteiger partial charge in [-0.2, -0.15) is 0 Å². The summed E-state index contributed by atoms with van der Waals surface area (Å²) in [7, 11) is 0. The lowest BCUT2D eigenvalue weighted by Crippen LogP contribution is -2.60. The van der Waals surface area contributed by atoms with E-state index in [1.54, 1.807) is 12.1 Å². The maximum atomic E-state index is 13.2. The van der Waals surface area contributed by atoms with Crippen molar-refractivity contribution in [3.63, 3.8) is 0 Å². The molecule has 4 rings (SSSR count). The third-order valence-corrected chi connectivity index (χ3v) is 5.36. The zero-order valence-corrected chi connectivity index (χ0v) is 13.6. The predicted octanol–water partition coefficient (Wildman–Crippen LogP) is -0.111. The van der Waals surface area contributed by atoms with Crippen LogP contribution < -0.4 is 10.2 Å². The lowest BCUT2D eigenvalue weighted by Gasteiger charge is -2.42. The number of hydrogen-bond acceptors (Lipinski definition) is 6. The molecule has 3 aliphatic heterocycles. The summed E-state index contributed by atoms with van der Waals surface area (Å²) in [5.41, 5.74) is 1.89. The van der Waals surface area contributed by atoms with E-state index in [1.807, 2.05) is 6.07 Å². The standard InChI is InChI=1S/C17H19N3O5/c21-9-10-6-19(7-10)12-1-2-13-11(5-12)8-20(25,17(13)24)14-3-4-15(22)18-16(14)23/h1-2,5,10,14,21H,3-4,6-9H2,(H,18,22,23). The number of aliphatic hydroxyl groups is 1. The Morgan fingerprint density at radius 2 is 2.04 bits per heavy atom. The van der Waals surface area contributed by atoms with Gasteiger partial charge in [0, 0.05) is 49.7 Å². The molecule has 8 heteroatoms. The van der Waals surface area contributed by atoms with E-state index in [2.05, 4.69) is 10.2 Å². The topological polar surface area (TPSA) is 110 Å². The number of carbonyl (C=O) groups excluding carboxylic acids is 3. The zero-order chi connectivity index (χ0) is 17.8. The van der Waals surface area contributed by atoms with Gasteiger partial charge in [0.1, 0.15) is 6.54 Å². The van der Waals surface area contributed by atoms with Gasteiger partial charge in [-0.25, -0.2) is 4.79 Å². The van der Waals surface area contributed by atoms with Gasteiger partial charge in [-0.3, -0.25) is 19.6 Å². The normalized spacial score (nSPS) is 29.4. The van der Waals surface area contributed by atoms with Crippen LogP contribution in [0.4, 0.5) is 5.69 Å². The highest BCUT2D eigenvalue weighted by Crippen LogP contribution is 2.37. The van der Waals surface area contributed by atoms with E-state index in [-0.39, 0.29) is 31.9 Å². The van der Waals surface area contributed by atoms with E-state index in [4.69, 9.17) is 5.11 Å². The molecule has 2 unspecified atom stereocenters. The van der Waals surface area contributed by atoms with Crippen LogP contribution in [0.2, 0.25) is 0 Å². The molecule has 2 N–H and O–H groups in total. The third-order valence-electron chi connectivity index (χ3n) is 5.36. The fourth-order valence-electron chi connectivity index (χ4n) is 3.87. The van der Waals surface area contributed by atoms with E-state index in [0.717, 1.165) is 18.8 Å². The van der Waals surface area contributed by atoms with Crippen molar-refractivity contribution in [3.05, 3.63) is 34.5 Å². The van der Waals surface area contributed by atoms with Gasteiger partial charge in [0.25, 0.3) is 5.91 Å². The molecule has 3 heterocycles. The van der Waals surface area contributed by atoms with Crippen molar-refractivity contribution in [3.8, 4) is 0 Å². The first-order chi connectivity index (χ1) is 11.9. The van der Waals surface area contributed by atoms with Crippen molar-refractivity contribution in [2.24, 2.45) is 5.92 Å². The SMILES string of the molecule is O=C1CCC([N+]2([O-])Cc3cc(N4CC(CO)C4)ccc3C2=O)C(=O)N1. The minimum absolute atomic E-state index is 0.0733. The Hall–Kier alpha value is -2.29. The average Bonchev–Trinajstić information content (AvgIpc) is 2.78. The molecule has 25 heavy (non-hydrogen) atoms. The van der Waals surface area contributed by atoms with Gasteiger partial charge in [0.2, 0.25) is 5.91 Å². The number of rotatable bonds is 3. The highest BCUT2D eigenvalue weighted by Gasteiger charge is 2.49. The molecule has 0 bridgehead atoms. The van der Waals surface area contributed by atoms with Crippen molar-refractivity contribution in [2.45, 2.75) is 25.4 Å². The zero-order valence-electron chi connectivity index (χ0n) is 13.6. The number of fused-ring (bicyclic) bond motifs is 1. The average molecular weight is 345 g/mol. The van der Waals surface area contributed by atoms with Crippen LogP contribution in [0.15, 0.2) is 18.2 Å². The van der Waals surface area contributed by atoms with E-state index >= 15 is 0 Å². The monoisotopic (exact) mass is 345 g/mol. The molecule has 0 saturated carbocycles. The summed E-state index contributed by atoms with van der Waals surface area (Å²) >= 11 is 0. The number of nitrogens with zero attached hydrogens (tertiary/aromatic N) is 2. The lowest BCUT2D eigenvalue weighted by atomic mass is 9.99. The molecule has 1 aromatic carbocycles. The van der Waals surface area contributed by atoms with Crippen LogP contribution in [-0.2, 0) is 16.1 Å². The highest BCUT2D eigenvalue weighted by molar-refractivity contribution is 6.02. The Morgan fingerprint density at radius 3 is 2.72 bits per heavy atom. The van der Waals surface area contributed by atoms with Gasteiger partial charge in [0.05, 0.1) is 5.56 Å². The molecule has 132 valence electrons. The Labute approximate surface area is 144 Å². The van der Waals surface area contributed by atoms with E-state index in [1.165, 1.54) is 0 Å². The van der Waals surface area contributed by atoms with Crippen molar-refractivity contribution >= 4 is 23.4 Å². The van der Waals surface area contributed by atoms with Crippen LogP contribution in [-0.4, -0.2) is 53.2 Å². The van der Waals surface area contributed by atoms with E-state index < -0.39 is 28.4 Å². The van der Waals surface area contributed by atoms with Crippen LogP contribution >= 0.6 is 0 Å². The van der Waals surface area contributed by atoms with Crippen molar-refractivity contribution in [1.29, 1.82) is 0 Å². The number of amides is 3. The fourth-order valence-corrected chi connectivity index (χ4v) is 3.87. The molecule has 0 radical (unpaired) electrons. The molecular formula is C17H19N3O5. The van der Waals surface area contributed by atoms with Gasteiger partial charge in [0.15, 0.2) is 6.04 Å². The second-order valence-electron chi connectivity index (χ2n) is 7.02. The molecule has 3 amide bonds. The van der Waals surface area contributed by atoms with Crippen LogP contribution in [0, 0.1) is 11.1 Å². The number of piperidine rings is 1. The van der Waals surface area contributed by atoms with Crippen LogP contribution in [0.1, 0.15) is 28.8 Å². The van der Waals surface area contributed by atoms with Gasteiger partial charge in [-0.05, 0) is 18.2 Å². The second-order valence-corrected chi connectivity index (χ2v) is 7.02. The third kappa shape index (κ3) is 2.45. The Bertz CT molecular complexity index is 774. The summed E-state index contributed by atoms with van der Waals surface area (Å²) in [4.78, 5) is 38.1. The number of quaternary nitrogens is 1. The first kappa shape index (κ1) is 16.2. The minimum atomic E-state index is -1.25. The summed E-state index contributed by atoms with van der Waals surface area (Å²) < 4.78 is -1.25. The number of hydroxylamine groups is 3. The first-order valence-electron chi connectivity index (χ1n) is 8.38. The van der Waals surface area contributed by atoms with E-state index in [9.17, 15) is 19.6 Å². The molecule has 1 aromatic rings. The van der Waals surface area contributed by atoms with Crippen molar-refractivity contribution in [2.75, 3.05) is 24.6 Å². The molecule has 3 aliphatic rings. The summed E-state index contributed by atoms with van der Waals surface area (Å²) in [6.45, 7) is 1.54. The summed E-state index contributed by atoms with van der Waals surface area (Å²) in [6.07, 6.45) is 0.162. The predicted molar refractivity (Wildman–Crippen MR) is 87.1 cm³/mol. The highest BCUT2D eigenvalue weighted by atomic mass is 16.6. The van der Waals surface area contributed by atoms with Crippen LogP contribution in [0.25, 0.3) is 0 Å². The van der Waals surface area contributed by atoms with E-state index in [0.29, 0.717) is 11.1 Å². The number of benzene rings is 1. The first-order valence-corrected chi connectivity index (χ1v) is 8.38.